The molecule has 2 rings (SSSR count). The summed E-state index contributed by atoms with van der Waals surface area (Å²) < 4.78 is 0. The highest BCUT2D eigenvalue weighted by Gasteiger charge is 2.20. The molecule has 1 saturated carbocycles. The molecule has 2 nitrogen and oxygen atoms in total. The molecular weight excluding hydrogens is 232 g/mol. The van der Waals surface area contributed by atoms with Crippen LogP contribution in [-0.4, -0.2) is 11.0 Å². The lowest BCUT2D eigenvalue weighted by Gasteiger charge is -2.19. The van der Waals surface area contributed by atoms with Crippen LogP contribution >= 0.6 is 0 Å². The van der Waals surface area contributed by atoms with Crippen LogP contribution in [0.4, 0.5) is 0 Å². The summed E-state index contributed by atoms with van der Waals surface area (Å²) >= 11 is 0. The Kier molecular flexibility index (Phi) is 5.38. The number of aromatic nitrogens is 1. The van der Waals surface area contributed by atoms with E-state index in [1.54, 1.807) is 0 Å². The Morgan fingerprint density at radius 2 is 2.11 bits per heavy atom. The quantitative estimate of drug-likeness (QED) is 0.825. The van der Waals surface area contributed by atoms with E-state index < -0.39 is 0 Å². The lowest BCUT2D eigenvalue weighted by atomic mass is 9.89. The van der Waals surface area contributed by atoms with Crippen LogP contribution in [0.5, 0.6) is 0 Å². The first kappa shape index (κ1) is 14.5. The van der Waals surface area contributed by atoms with Gasteiger partial charge in [-0.15, -0.1) is 0 Å². The van der Waals surface area contributed by atoms with Crippen LogP contribution in [0, 0.1) is 18.8 Å². The van der Waals surface area contributed by atoms with Crippen molar-refractivity contribution in [2.24, 2.45) is 11.8 Å². The van der Waals surface area contributed by atoms with Gasteiger partial charge >= 0.3 is 0 Å². The van der Waals surface area contributed by atoms with Gasteiger partial charge in [0.25, 0.3) is 0 Å². The molecule has 19 heavy (non-hydrogen) atoms. The van der Waals surface area contributed by atoms with Crippen molar-refractivity contribution in [2.45, 2.75) is 65.5 Å². The van der Waals surface area contributed by atoms with E-state index in [1.807, 2.05) is 12.4 Å². The predicted octanol–water partition coefficient (Wildman–Crippen LogP) is 4.08. The van der Waals surface area contributed by atoms with E-state index in [0.29, 0.717) is 6.04 Å². The highest BCUT2D eigenvalue weighted by Crippen LogP contribution is 2.28. The van der Waals surface area contributed by atoms with Crippen LogP contribution in [0.3, 0.4) is 0 Å². The van der Waals surface area contributed by atoms with Crippen LogP contribution in [0.2, 0.25) is 0 Å². The van der Waals surface area contributed by atoms with E-state index in [4.69, 9.17) is 0 Å². The third kappa shape index (κ3) is 4.31. The molecular formula is C17H28N2. The smallest absolute Gasteiger partial charge is 0.0300 e. The fourth-order valence-electron chi connectivity index (χ4n) is 3.16. The predicted molar refractivity (Wildman–Crippen MR) is 81.0 cm³/mol. The second-order valence-corrected chi connectivity index (χ2v) is 6.39. The molecule has 1 aromatic heterocycles. The molecule has 0 aromatic carbocycles. The second-order valence-electron chi connectivity index (χ2n) is 6.39. The van der Waals surface area contributed by atoms with Crippen molar-refractivity contribution >= 4 is 0 Å². The standard InChI is InChI=1S/C17H28N2/c1-13(2)15-5-4-6-17(8-7-15)19-12-16-9-10-18-11-14(16)3/h9-11,13,15,17,19H,4-8,12H2,1-3H3. The van der Waals surface area contributed by atoms with Crippen molar-refractivity contribution in [3.63, 3.8) is 0 Å². The molecule has 1 aromatic rings. The van der Waals surface area contributed by atoms with E-state index in [-0.39, 0.29) is 0 Å². The monoisotopic (exact) mass is 260 g/mol. The van der Waals surface area contributed by atoms with Gasteiger partial charge in [-0.05, 0) is 55.2 Å². The van der Waals surface area contributed by atoms with Crippen LogP contribution in [-0.2, 0) is 6.54 Å². The summed E-state index contributed by atoms with van der Waals surface area (Å²) in [7, 11) is 0. The third-order valence-corrected chi connectivity index (χ3v) is 4.67. The molecule has 2 atom stereocenters. The summed E-state index contributed by atoms with van der Waals surface area (Å²) in [5.41, 5.74) is 2.68. The SMILES string of the molecule is Cc1cnccc1CNC1CCCC(C(C)C)CC1. The molecule has 1 heterocycles. The molecule has 106 valence electrons. The Morgan fingerprint density at radius 1 is 1.26 bits per heavy atom. The first-order valence-corrected chi connectivity index (χ1v) is 7.79. The van der Waals surface area contributed by atoms with Crippen molar-refractivity contribution in [1.82, 2.24) is 10.3 Å². The first-order valence-electron chi connectivity index (χ1n) is 7.79. The Morgan fingerprint density at radius 3 is 2.84 bits per heavy atom. The minimum atomic E-state index is 0.705. The molecule has 0 bridgehead atoms. The van der Waals surface area contributed by atoms with Crippen molar-refractivity contribution in [3.05, 3.63) is 29.6 Å². The maximum absolute atomic E-state index is 4.16. The Labute approximate surface area is 118 Å². The van der Waals surface area contributed by atoms with Gasteiger partial charge in [-0.2, -0.15) is 0 Å². The summed E-state index contributed by atoms with van der Waals surface area (Å²) in [6, 6.07) is 2.84. The minimum absolute atomic E-state index is 0.705. The molecule has 0 saturated heterocycles. The highest BCUT2D eigenvalue weighted by atomic mass is 14.9. The zero-order valence-electron chi connectivity index (χ0n) is 12.7. The molecule has 2 unspecified atom stereocenters. The fraction of sp³-hybridized carbons (Fsp3) is 0.706. The molecule has 1 fully saturated rings. The maximum Gasteiger partial charge on any atom is 0.0300 e. The molecule has 1 N–H and O–H groups in total. The van der Waals surface area contributed by atoms with E-state index in [2.05, 4.69) is 37.1 Å². The van der Waals surface area contributed by atoms with E-state index >= 15 is 0 Å². The summed E-state index contributed by atoms with van der Waals surface area (Å²) in [6.45, 7) is 7.88. The van der Waals surface area contributed by atoms with Crippen molar-refractivity contribution < 1.29 is 0 Å². The number of aryl methyl sites for hydroxylation is 1. The summed E-state index contributed by atoms with van der Waals surface area (Å²) in [4.78, 5) is 4.16. The van der Waals surface area contributed by atoms with Gasteiger partial charge < -0.3 is 5.32 Å². The van der Waals surface area contributed by atoms with Gasteiger partial charge in [0.05, 0.1) is 0 Å². The first-order chi connectivity index (χ1) is 9.16. The van der Waals surface area contributed by atoms with Crippen LogP contribution in [0.1, 0.15) is 57.1 Å². The largest absolute Gasteiger partial charge is 0.310 e. The number of rotatable bonds is 4. The lowest BCUT2D eigenvalue weighted by molar-refractivity contribution is 0.337. The number of hydrogen-bond donors (Lipinski definition) is 1. The van der Waals surface area contributed by atoms with Crippen LogP contribution in [0.15, 0.2) is 18.5 Å². The Hall–Kier alpha value is -0.890. The van der Waals surface area contributed by atoms with Crippen LogP contribution in [0.25, 0.3) is 0 Å². The third-order valence-electron chi connectivity index (χ3n) is 4.67. The van der Waals surface area contributed by atoms with Crippen molar-refractivity contribution in [3.8, 4) is 0 Å². The summed E-state index contributed by atoms with van der Waals surface area (Å²) in [6.07, 6.45) is 10.7. The van der Waals surface area contributed by atoms with Crippen LogP contribution < -0.4 is 5.32 Å². The molecule has 0 amide bonds. The van der Waals surface area contributed by atoms with E-state index in [0.717, 1.165) is 18.4 Å². The Balaban J connectivity index is 1.82. The second kappa shape index (κ2) is 7.04. The highest BCUT2D eigenvalue weighted by molar-refractivity contribution is 5.21. The molecule has 0 aliphatic heterocycles. The van der Waals surface area contributed by atoms with Gasteiger partial charge in [0.15, 0.2) is 0 Å². The molecule has 2 heteroatoms. The fourth-order valence-corrected chi connectivity index (χ4v) is 3.16. The average molecular weight is 260 g/mol. The Bertz CT molecular complexity index is 387. The molecule has 1 aliphatic rings. The summed E-state index contributed by atoms with van der Waals surface area (Å²) in [5, 5.41) is 3.75. The molecule has 1 aliphatic carbocycles. The van der Waals surface area contributed by atoms with E-state index in [9.17, 15) is 0 Å². The molecule has 0 spiro atoms. The number of nitrogens with zero attached hydrogens (tertiary/aromatic N) is 1. The average Bonchev–Trinajstić information content (AvgIpc) is 2.63. The topological polar surface area (TPSA) is 24.9 Å². The zero-order valence-corrected chi connectivity index (χ0v) is 12.7. The van der Waals surface area contributed by atoms with Gasteiger partial charge in [0.2, 0.25) is 0 Å². The van der Waals surface area contributed by atoms with E-state index in [1.165, 1.54) is 43.2 Å². The normalized spacial score (nSPS) is 24.4. The minimum Gasteiger partial charge on any atom is -0.310 e. The molecule has 0 radical (unpaired) electrons. The summed E-state index contributed by atoms with van der Waals surface area (Å²) in [5.74, 6) is 1.79. The van der Waals surface area contributed by atoms with Crippen molar-refractivity contribution in [1.29, 1.82) is 0 Å². The van der Waals surface area contributed by atoms with Gasteiger partial charge in [0, 0.05) is 25.0 Å². The van der Waals surface area contributed by atoms with Gasteiger partial charge in [-0.1, -0.05) is 26.7 Å². The maximum atomic E-state index is 4.16. The number of hydrogen-bond acceptors (Lipinski definition) is 2. The number of nitrogens with one attached hydrogen (secondary N) is 1. The van der Waals surface area contributed by atoms with Gasteiger partial charge in [0.1, 0.15) is 0 Å². The zero-order chi connectivity index (χ0) is 13.7. The lowest BCUT2D eigenvalue weighted by Crippen LogP contribution is -2.28. The van der Waals surface area contributed by atoms with Crippen molar-refractivity contribution in [2.75, 3.05) is 0 Å². The van der Waals surface area contributed by atoms with Gasteiger partial charge in [-0.25, -0.2) is 0 Å². The number of pyridine rings is 1. The van der Waals surface area contributed by atoms with Gasteiger partial charge in [-0.3, -0.25) is 4.98 Å².